The Morgan fingerprint density at radius 3 is 1.73 bits per heavy atom. The van der Waals surface area contributed by atoms with Gasteiger partial charge in [0.2, 0.25) is 0 Å². The van der Waals surface area contributed by atoms with Crippen molar-refractivity contribution in [3.05, 3.63) is 0 Å². The van der Waals surface area contributed by atoms with Crippen LogP contribution in [-0.2, 0) is 4.57 Å². The van der Waals surface area contributed by atoms with E-state index < -0.39 is 13.2 Å². The maximum atomic E-state index is 11.5. The molecule has 0 aromatic carbocycles. The Bertz CT molecular complexity index is 190. The molecule has 0 saturated carbocycles. The summed E-state index contributed by atoms with van der Waals surface area (Å²) in [6, 6.07) is 0. The van der Waals surface area contributed by atoms with Gasteiger partial charge in [-0.2, -0.15) is 0 Å². The summed E-state index contributed by atoms with van der Waals surface area (Å²) in [7, 11) is -2.32. The summed E-state index contributed by atoms with van der Waals surface area (Å²) in [5, 5.41) is -0.452. The van der Waals surface area contributed by atoms with Crippen LogP contribution in [0.5, 0.6) is 0 Å². The van der Waals surface area contributed by atoms with Crippen molar-refractivity contribution in [2.75, 3.05) is 0 Å². The van der Waals surface area contributed by atoms with E-state index >= 15 is 0 Å². The quantitative estimate of drug-likeness (QED) is 0.627. The van der Waals surface area contributed by atoms with Gasteiger partial charge in [0.1, 0.15) is 0 Å². The molecule has 0 spiro atoms. The summed E-state index contributed by atoms with van der Waals surface area (Å²) < 4.78 is 11.5. The molecule has 0 bridgehead atoms. The van der Waals surface area contributed by atoms with Gasteiger partial charge in [-0.15, -0.1) is 0 Å². The van der Waals surface area contributed by atoms with Gasteiger partial charge in [0, 0.05) is 0 Å². The summed E-state index contributed by atoms with van der Waals surface area (Å²) in [4.78, 5) is 11.5. The largest absolute Gasteiger partial charge is 0.595 e. The van der Waals surface area contributed by atoms with Crippen molar-refractivity contribution in [2.45, 2.75) is 65.5 Å². The average Bonchev–Trinajstić information content (AvgIpc) is 2.01. The molecule has 0 saturated heterocycles. The molecule has 0 radical (unpaired) electrons. The van der Waals surface area contributed by atoms with Gasteiger partial charge in [-0.1, -0.05) is 45.6 Å². The van der Waals surface area contributed by atoms with Crippen molar-refractivity contribution in [3.8, 4) is 0 Å². The molecule has 0 amide bonds. The highest BCUT2D eigenvalue weighted by Crippen LogP contribution is 2.46. The molecule has 2 nitrogen and oxygen atoms in total. The molecule has 0 N–H and O–H groups in total. The zero-order valence-electron chi connectivity index (χ0n) is 10.7. The molecule has 0 aliphatic carbocycles. The fraction of sp³-hybridized carbons (Fsp3) is 1.00. The second-order valence-electron chi connectivity index (χ2n) is 5.43. The fourth-order valence-corrected chi connectivity index (χ4v) is 3.95. The molecule has 1 atom stereocenters. The van der Waals surface area contributed by atoms with Gasteiger partial charge in [-0.3, -0.25) is 0 Å². The van der Waals surface area contributed by atoms with Gasteiger partial charge in [0.05, 0.1) is 0 Å². The summed E-state index contributed by atoms with van der Waals surface area (Å²) in [6.45, 7) is 10.5. The van der Waals surface area contributed by atoms with Crippen LogP contribution in [0, 0.1) is 11.8 Å². The first-order valence-electron chi connectivity index (χ1n) is 5.98. The lowest BCUT2D eigenvalue weighted by Gasteiger charge is -2.28. The minimum atomic E-state index is -2.32. The van der Waals surface area contributed by atoms with E-state index in [1.807, 2.05) is 0 Å². The summed E-state index contributed by atoms with van der Waals surface area (Å²) >= 11 is 0. The van der Waals surface area contributed by atoms with Crippen LogP contribution in [0.3, 0.4) is 0 Å². The Morgan fingerprint density at radius 1 is 1.13 bits per heavy atom. The Morgan fingerprint density at radius 2 is 1.53 bits per heavy atom. The van der Waals surface area contributed by atoms with Gasteiger partial charge in [-0.05, 0) is 31.1 Å². The second-order valence-corrected chi connectivity index (χ2v) is 6.89. The van der Waals surface area contributed by atoms with Crippen molar-refractivity contribution < 1.29 is 9.46 Å². The predicted octanol–water partition coefficient (Wildman–Crippen LogP) is 3.72. The zero-order chi connectivity index (χ0) is 12.1. The van der Waals surface area contributed by atoms with Crippen molar-refractivity contribution in [1.82, 2.24) is 0 Å². The molecule has 0 fully saturated rings. The van der Waals surface area contributed by atoms with Crippen LogP contribution >= 0.6 is 8.03 Å². The van der Waals surface area contributed by atoms with Gasteiger partial charge in [0.25, 0.3) is 0 Å². The summed E-state index contributed by atoms with van der Waals surface area (Å²) in [5.41, 5.74) is 0. The van der Waals surface area contributed by atoms with E-state index in [0.717, 1.165) is 25.7 Å². The molecule has 0 aromatic heterocycles. The molecule has 0 aliphatic rings. The van der Waals surface area contributed by atoms with Gasteiger partial charge >= 0.3 is 8.03 Å². The maximum absolute atomic E-state index is 11.5. The van der Waals surface area contributed by atoms with Crippen LogP contribution in [-0.4, -0.2) is 5.16 Å². The Hall–Kier alpha value is 0.0600. The zero-order valence-corrected chi connectivity index (χ0v) is 11.6. The standard InChI is InChI=1S/C12H25O2P/c1-6-7-12(15(13)14,8-10(2)3)9-11(4)5/h10-11H,6-9H2,1-5H3. The van der Waals surface area contributed by atoms with Crippen LogP contribution in [0.2, 0.25) is 0 Å². The van der Waals surface area contributed by atoms with Crippen LogP contribution in [0.25, 0.3) is 0 Å². The summed E-state index contributed by atoms with van der Waals surface area (Å²) in [6.07, 6.45) is 3.36. The molecule has 3 heteroatoms. The third-order valence-corrected chi connectivity index (χ3v) is 4.04. The SMILES string of the molecule is CCCC(CC(C)C)(CC(C)C)[P+](=O)[O-]. The van der Waals surface area contributed by atoms with E-state index in [-0.39, 0.29) is 0 Å². The molecule has 90 valence electrons. The van der Waals surface area contributed by atoms with Crippen molar-refractivity contribution in [2.24, 2.45) is 11.8 Å². The Labute approximate surface area is 95.3 Å². The highest BCUT2D eigenvalue weighted by molar-refractivity contribution is 7.38. The van der Waals surface area contributed by atoms with E-state index in [2.05, 4.69) is 34.6 Å². The first kappa shape index (κ1) is 15.1. The Kier molecular flexibility index (Phi) is 6.63. The Balaban J connectivity index is 4.80. The minimum absolute atomic E-state index is 0.447. The van der Waals surface area contributed by atoms with Crippen LogP contribution in [0.4, 0.5) is 0 Å². The molecular formula is C12H25O2P. The number of hydrogen-bond acceptors (Lipinski definition) is 2. The lowest BCUT2D eigenvalue weighted by molar-refractivity contribution is -0.171. The normalized spacial score (nSPS) is 13.7. The third kappa shape index (κ3) is 5.08. The lowest BCUT2D eigenvalue weighted by Crippen LogP contribution is -2.31. The van der Waals surface area contributed by atoms with Crippen molar-refractivity contribution in [1.29, 1.82) is 0 Å². The monoisotopic (exact) mass is 232 g/mol. The molecule has 0 aromatic rings. The van der Waals surface area contributed by atoms with Gasteiger partial charge in [0.15, 0.2) is 5.16 Å². The van der Waals surface area contributed by atoms with Crippen LogP contribution < -0.4 is 4.89 Å². The van der Waals surface area contributed by atoms with E-state index in [9.17, 15) is 9.46 Å². The van der Waals surface area contributed by atoms with Crippen molar-refractivity contribution in [3.63, 3.8) is 0 Å². The molecule has 15 heavy (non-hydrogen) atoms. The first-order chi connectivity index (χ1) is 6.84. The molecule has 1 unspecified atom stereocenters. The fourth-order valence-electron chi connectivity index (χ4n) is 2.51. The van der Waals surface area contributed by atoms with Gasteiger partial charge < -0.3 is 4.89 Å². The highest BCUT2D eigenvalue weighted by Gasteiger charge is 2.42. The second kappa shape index (κ2) is 6.60. The maximum Gasteiger partial charge on any atom is 0.315 e. The van der Waals surface area contributed by atoms with E-state index in [1.54, 1.807) is 0 Å². The number of hydrogen-bond donors (Lipinski definition) is 0. The van der Waals surface area contributed by atoms with E-state index in [0.29, 0.717) is 11.8 Å². The predicted molar refractivity (Wildman–Crippen MR) is 64.2 cm³/mol. The lowest BCUT2D eigenvalue weighted by atomic mass is 9.85. The smallest absolute Gasteiger partial charge is 0.315 e. The number of rotatable bonds is 7. The van der Waals surface area contributed by atoms with Crippen LogP contribution in [0.15, 0.2) is 0 Å². The topological polar surface area (TPSA) is 40.1 Å². The van der Waals surface area contributed by atoms with Crippen LogP contribution in [0.1, 0.15) is 60.3 Å². The minimum Gasteiger partial charge on any atom is -0.595 e. The summed E-state index contributed by atoms with van der Waals surface area (Å²) in [5.74, 6) is 0.895. The molecule has 0 heterocycles. The van der Waals surface area contributed by atoms with Crippen molar-refractivity contribution >= 4 is 8.03 Å². The third-order valence-electron chi connectivity index (χ3n) is 2.68. The van der Waals surface area contributed by atoms with E-state index in [1.165, 1.54) is 0 Å². The molecule has 0 rings (SSSR count). The average molecular weight is 232 g/mol. The van der Waals surface area contributed by atoms with E-state index in [4.69, 9.17) is 0 Å². The van der Waals surface area contributed by atoms with Gasteiger partial charge in [-0.25, -0.2) is 0 Å². The molecule has 0 aliphatic heterocycles. The highest BCUT2D eigenvalue weighted by atomic mass is 31.1. The molecular weight excluding hydrogens is 207 g/mol. The first-order valence-corrected chi connectivity index (χ1v) is 7.16.